The van der Waals surface area contributed by atoms with Crippen LogP contribution in [0.1, 0.15) is 61.0 Å². The molecule has 8 nitrogen and oxygen atoms in total. The number of rotatable bonds is 7. The van der Waals surface area contributed by atoms with Crippen LogP contribution in [0.15, 0.2) is 48.7 Å². The Bertz CT molecular complexity index is 1140. The molecule has 1 saturated heterocycles. The van der Waals surface area contributed by atoms with E-state index >= 15 is 0 Å². The van der Waals surface area contributed by atoms with E-state index in [0.29, 0.717) is 23.1 Å². The molecular formula is C27H32N6O2. The average Bonchev–Trinajstić information content (AvgIpc) is 3.39. The van der Waals surface area contributed by atoms with Crippen molar-refractivity contribution in [3.8, 4) is 5.88 Å². The summed E-state index contributed by atoms with van der Waals surface area (Å²) < 4.78 is 5.88. The van der Waals surface area contributed by atoms with Gasteiger partial charge in [-0.15, -0.1) is 0 Å². The molecule has 5 rings (SSSR count). The van der Waals surface area contributed by atoms with Gasteiger partial charge in [-0.3, -0.25) is 4.79 Å². The van der Waals surface area contributed by atoms with Gasteiger partial charge in [-0.05, 0) is 82.2 Å². The van der Waals surface area contributed by atoms with Gasteiger partial charge in [-0.2, -0.15) is 4.98 Å². The highest BCUT2D eigenvalue weighted by atomic mass is 16.5. The molecule has 2 aromatic heterocycles. The van der Waals surface area contributed by atoms with Gasteiger partial charge >= 0.3 is 0 Å². The maximum atomic E-state index is 12.6. The van der Waals surface area contributed by atoms with Gasteiger partial charge in [-0.25, -0.2) is 9.97 Å². The van der Waals surface area contributed by atoms with Gasteiger partial charge in [0.15, 0.2) is 0 Å². The maximum absolute atomic E-state index is 12.6. The van der Waals surface area contributed by atoms with Gasteiger partial charge in [0, 0.05) is 48.5 Å². The van der Waals surface area contributed by atoms with Crippen LogP contribution in [-0.2, 0) is 0 Å². The summed E-state index contributed by atoms with van der Waals surface area (Å²) in [5.41, 5.74) is 2.98. The lowest BCUT2D eigenvalue weighted by Crippen LogP contribution is -2.30. The Kier molecular flexibility index (Phi) is 7.07. The van der Waals surface area contributed by atoms with E-state index in [4.69, 9.17) is 9.72 Å². The van der Waals surface area contributed by atoms with Crippen LogP contribution < -0.4 is 20.3 Å². The third-order valence-corrected chi connectivity index (χ3v) is 6.51. The van der Waals surface area contributed by atoms with E-state index in [2.05, 4.69) is 25.5 Å². The van der Waals surface area contributed by atoms with E-state index in [1.807, 2.05) is 37.3 Å². The quantitative estimate of drug-likeness (QED) is 0.470. The fraction of sp³-hybridized carbons (Fsp3) is 0.407. The third kappa shape index (κ3) is 6.07. The molecule has 2 fully saturated rings. The highest BCUT2D eigenvalue weighted by Crippen LogP contribution is 2.24. The highest BCUT2D eigenvalue weighted by molar-refractivity contribution is 6.04. The van der Waals surface area contributed by atoms with E-state index in [1.54, 1.807) is 18.3 Å². The highest BCUT2D eigenvalue weighted by Gasteiger charge is 2.17. The molecule has 8 heteroatoms. The molecule has 1 aromatic carbocycles. The first-order valence-corrected chi connectivity index (χ1v) is 12.5. The maximum Gasteiger partial charge on any atom is 0.257 e. The Morgan fingerprint density at radius 3 is 2.40 bits per heavy atom. The average molecular weight is 473 g/mol. The zero-order chi connectivity index (χ0) is 24.0. The molecule has 1 amide bonds. The van der Waals surface area contributed by atoms with E-state index in [9.17, 15) is 4.79 Å². The number of benzene rings is 1. The molecule has 3 heterocycles. The Morgan fingerprint density at radius 2 is 1.69 bits per heavy atom. The first-order valence-electron chi connectivity index (χ1n) is 12.5. The van der Waals surface area contributed by atoms with Gasteiger partial charge in [0.2, 0.25) is 11.8 Å². The second-order valence-electron chi connectivity index (χ2n) is 9.30. The number of amides is 1. The Labute approximate surface area is 206 Å². The van der Waals surface area contributed by atoms with Gasteiger partial charge < -0.3 is 20.3 Å². The van der Waals surface area contributed by atoms with Crippen molar-refractivity contribution in [1.82, 2.24) is 15.0 Å². The van der Waals surface area contributed by atoms with Crippen LogP contribution in [-0.4, -0.2) is 40.1 Å². The van der Waals surface area contributed by atoms with Crippen LogP contribution in [0.25, 0.3) is 0 Å². The lowest BCUT2D eigenvalue weighted by molar-refractivity contribution is 0.102. The summed E-state index contributed by atoms with van der Waals surface area (Å²) in [6.07, 6.45) is 10.1. The summed E-state index contributed by atoms with van der Waals surface area (Å²) in [7, 11) is 0. The number of pyridine rings is 1. The van der Waals surface area contributed by atoms with E-state index in [1.165, 1.54) is 32.1 Å². The first-order chi connectivity index (χ1) is 17.1. The molecular weight excluding hydrogens is 440 g/mol. The molecule has 1 aliphatic heterocycles. The Balaban J connectivity index is 1.18. The normalized spacial score (nSPS) is 16.2. The monoisotopic (exact) mass is 472 g/mol. The summed E-state index contributed by atoms with van der Waals surface area (Å²) in [5.74, 6) is 1.91. The molecule has 0 atom stereocenters. The SMILES string of the molecule is Cc1cc(N2CCCCC2)nc(Nc2ccc(NC(=O)c3ccc(OC4CCCC4)nc3)cc2)n1. The van der Waals surface area contributed by atoms with Crippen LogP contribution in [0.4, 0.5) is 23.1 Å². The number of nitrogens with zero attached hydrogens (tertiary/aromatic N) is 4. The van der Waals surface area contributed by atoms with Crippen LogP contribution >= 0.6 is 0 Å². The predicted molar refractivity (Wildman–Crippen MR) is 138 cm³/mol. The molecule has 182 valence electrons. The minimum absolute atomic E-state index is 0.209. The molecule has 0 unspecified atom stereocenters. The van der Waals surface area contributed by atoms with Crippen molar-refractivity contribution in [1.29, 1.82) is 0 Å². The van der Waals surface area contributed by atoms with Crippen LogP contribution in [0.5, 0.6) is 5.88 Å². The summed E-state index contributed by atoms with van der Waals surface area (Å²) in [4.78, 5) is 28.5. The van der Waals surface area contributed by atoms with E-state index < -0.39 is 0 Å². The van der Waals surface area contributed by atoms with Gasteiger partial charge in [-0.1, -0.05) is 0 Å². The van der Waals surface area contributed by atoms with Crippen LogP contribution in [0.3, 0.4) is 0 Å². The fourth-order valence-electron chi connectivity index (χ4n) is 4.62. The second-order valence-corrected chi connectivity index (χ2v) is 9.30. The minimum Gasteiger partial charge on any atom is -0.474 e. The first kappa shape index (κ1) is 23.1. The number of ether oxygens (including phenoxy) is 1. The molecule has 0 spiro atoms. The van der Waals surface area contributed by atoms with Crippen molar-refractivity contribution < 1.29 is 9.53 Å². The summed E-state index contributed by atoms with van der Waals surface area (Å²) >= 11 is 0. The second kappa shape index (κ2) is 10.7. The molecule has 2 aliphatic rings. The number of anilines is 4. The number of hydrogen-bond donors (Lipinski definition) is 2. The Morgan fingerprint density at radius 1 is 0.943 bits per heavy atom. The summed E-state index contributed by atoms with van der Waals surface area (Å²) in [6, 6.07) is 13.1. The number of piperidine rings is 1. The van der Waals surface area contributed by atoms with Crippen molar-refractivity contribution in [2.75, 3.05) is 28.6 Å². The van der Waals surface area contributed by atoms with Crippen molar-refractivity contribution in [3.05, 3.63) is 59.9 Å². The zero-order valence-electron chi connectivity index (χ0n) is 20.2. The largest absolute Gasteiger partial charge is 0.474 e. The van der Waals surface area contributed by atoms with Crippen molar-refractivity contribution >= 4 is 29.0 Å². The van der Waals surface area contributed by atoms with Gasteiger partial charge in [0.1, 0.15) is 11.9 Å². The molecule has 0 radical (unpaired) electrons. The molecule has 0 bridgehead atoms. The Hall–Kier alpha value is -3.68. The van der Waals surface area contributed by atoms with Gasteiger partial charge in [0.25, 0.3) is 5.91 Å². The van der Waals surface area contributed by atoms with Crippen LogP contribution in [0.2, 0.25) is 0 Å². The van der Waals surface area contributed by atoms with Crippen LogP contribution in [0, 0.1) is 6.92 Å². The molecule has 2 N–H and O–H groups in total. The van der Waals surface area contributed by atoms with Gasteiger partial charge in [0.05, 0.1) is 5.56 Å². The smallest absolute Gasteiger partial charge is 0.257 e. The number of aromatic nitrogens is 3. The number of carbonyl (C=O) groups is 1. The van der Waals surface area contributed by atoms with E-state index in [-0.39, 0.29) is 12.0 Å². The topological polar surface area (TPSA) is 92.3 Å². The number of carbonyl (C=O) groups excluding carboxylic acids is 1. The third-order valence-electron chi connectivity index (χ3n) is 6.51. The molecule has 1 aliphatic carbocycles. The zero-order valence-corrected chi connectivity index (χ0v) is 20.2. The lowest BCUT2D eigenvalue weighted by Gasteiger charge is -2.28. The predicted octanol–water partition coefficient (Wildman–Crippen LogP) is 5.49. The van der Waals surface area contributed by atoms with Crippen molar-refractivity contribution in [2.24, 2.45) is 0 Å². The lowest BCUT2D eigenvalue weighted by atomic mass is 10.1. The fourth-order valence-corrected chi connectivity index (χ4v) is 4.62. The minimum atomic E-state index is -0.209. The number of hydrogen-bond acceptors (Lipinski definition) is 7. The molecule has 1 saturated carbocycles. The van der Waals surface area contributed by atoms with Crippen molar-refractivity contribution in [3.63, 3.8) is 0 Å². The van der Waals surface area contributed by atoms with Crippen molar-refractivity contribution in [2.45, 2.75) is 58.0 Å². The molecule has 35 heavy (non-hydrogen) atoms. The summed E-state index contributed by atoms with van der Waals surface area (Å²) in [5, 5.41) is 6.20. The molecule has 3 aromatic rings. The summed E-state index contributed by atoms with van der Waals surface area (Å²) in [6.45, 7) is 4.06. The number of nitrogens with one attached hydrogen (secondary N) is 2. The standard InChI is InChI=1S/C27H32N6O2/c1-19-17-24(33-15-5-2-6-16-33)32-27(29-19)31-22-12-10-21(11-13-22)30-26(34)20-9-14-25(28-18-20)35-23-7-3-4-8-23/h9-14,17-18,23H,2-8,15-16H2,1H3,(H,30,34)(H,29,31,32). The number of aryl methyl sites for hydroxylation is 1. The van der Waals surface area contributed by atoms with E-state index in [0.717, 1.165) is 43.1 Å².